The second kappa shape index (κ2) is 4.41. The number of phenols is 1. The lowest BCUT2D eigenvalue weighted by Crippen LogP contribution is -1.89. The van der Waals surface area contributed by atoms with Crippen molar-refractivity contribution in [3.63, 3.8) is 0 Å². The first-order valence-corrected chi connectivity index (χ1v) is 4.94. The van der Waals surface area contributed by atoms with Crippen LogP contribution in [0.4, 0.5) is 8.78 Å². The molecule has 2 rings (SSSR count). The summed E-state index contributed by atoms with van der Waals surface area (Å²) in [5, 5.41) is 9.60. The van der Waals surface area contributed by atoms with Crippen LogP contribution in [0.5, 0.6) is 11.5 Å². The standard InChI is InChI=1S/C13H10F2O2/c1-17-9-3-4-12(15)10(7-9)11-6-8(14)2-5-13(11)16/h2-7,16H,1H3. The molecule has 0 aromatic heterocycles. The first-order valence-electron chi connectivity index (χ1n) is 4.94. The molecule has 4 heteroatoms. The van der Waals surface area contributed by atoms with E-state index in [1.165, 1.54) is 31.4 Å². The van der Waals surface area contributed by atoms with Gasteiger partial charge in [-0.2, -0.15) is 0 Å². The number of ether oxygens (including phenoxy) is 1. The highest BCUT2D eigenvalue weighted by Crippen LogP contribution is 2.33. The topological polar surface area (TPSA) is 29.5 Å². The van der Waals surface area contributed by atoms with E-state index in [9.17, 15) is 13.9 Å². The summed E-state index contributed by atoms with van der Waals surface area (Å²) in [4.78, 5) is 0. The third kappa shape index (κ3) is 2.20. The average molecular weight is 236 g/mol. The summed E-state index contributed by atoms with van der Waals surface area (Å²) in [7, 11) is 1.45. The van der Waals surface area contributed by atoms with Gasteiger partial charge in [-0.1, -0.05) is 0 Å². The Labute approximate surface area is 97.1 Å². The van der Waals surface area contributed by atoms with Gasteiger partial charge in [-0.05, 0) is 36.4 Å². The molecule has 0 aliphatic rings. The van der Waals surface area contributed by atoms with Gasteiger partial charge in [0.15, 0.2) is 0 Å². The first kappa shape index (κ1) is 11.4. The van der Waals surface area contributed by atoms with E-state index in [4.69, 9.17) is 4.74 Å². The van der Waals surface area contributed by atoms with Crippen LogP contribution in [0.25, 0.3) is 11.1 Å². The largest absolute Gasteiger partial charge is 0.507 e. The molecule has 0 saturated carbocycles. The van der Waals surface area contributed by atoms with Crippen LogP contribution in [0.15, 0.2) is 36.4 Å². The van der Waals surface area contributed by atoms with Crippen molar-refractivity contribution in [3.05, 3.63) is 48.0 Å². The molecule has 0 aliphatic heterocycles. The molecule has 0 amide bonds. The third-order valence-corrected chi connectivity index (χ3v) is 2.42. The van der Waals surface area contributed by atoms with Crippen LogP contribution in [-0.4, -0.2) is 12.2 Å². The van der Waals surface area contributed by atoms with Crippen LogP contribution < -0.4 is 4.74 Å². The van der Waals surface area contributed by atoms with Crippen LogP contribution in [0.2, 0.25) is 0 Å². The SMILES string of the molecule is COc1ccc(F)c(-c2cc(F)ccc2O)c1. The van der Waals surface area contributed by atoms with Crippen molar-refractivity contribution >= 4 is 0 Å². The zero-order chi connectivity index (χ0) is 12.4. The number of halogens is 2. The highest BCUT2D eigenvalue weighted by Gasteiger charge is 2.11. The van der Waals surface area contributed by atoms with E-state index in [1.807, 2.05) is 0 Å². The van der Waals surface area contributed by atoms with Crippen molar-refractivity contribution in [2.24, 2.45) is 0 Å². The molecule has 1 N–H and O–H groups in total. The molecule has 88 valence electrons. The van der Waals surface area contributed by atoms with E-state index < -0.39 is 11.6 Å². The van der Waals surface area contributed by atoms with Crippen LogP contribution in [0.1, 0.15) is 0 Å². The van der Waals surface area contributed by atoms with Crippen molar-refractivity contribution in [1.82, 2.24) is 0 Å². The number of rotatable bonds is 2. The van der Waals surface area contributed by atoms with E-state index in [2.05, 4.69) is 0 Å². The Kier molecular flexibility index (Phi) is 2.95. The molecule has 0 atom stereocenters. The molecule has 0 bridgehead atoms. The molecule has 0 unspecified atom stereocenters. The summed E-state index contributed by atoms with van der Waals surface area (Å²) in [5.41, 5.74) is 0.197. The van der Waals surface area contributed by atoms with Crippen molar-refractivity contribution in [2.45, 2.75) is 0 Å². The number of hydrogen-bond donors (Lipinski definition) is 1. The monoisotopic (exact) mass is 236 g/mol. The van der Waals surface area contributed by atoms with E-state index in [0.717, 1.165) is 12.1 Å². The number of aromatic hydroxyl groups is 1. The van der Waals surface area contributed by atoms with Crippen LogP contribution in [-0.2, 0) is 0 Å². The van der Waals surface area contributed by atoms with Crippen LogP contribution in [0, 0.1) is 11.6 Å². The summed E-state index contributed by atoms with van der Waals surface area (Å²) in [6, 6.07) is 7.44. The summed E-state index contributed by atoms with van der Waals surface area (Å²) >= 11 is 0. The first-order chi connectivity index (χ1) is 8.11. The summed E-state index contributed by atoms with van der Waals surface area (Å²) in [6.07, 6.45) is 0. The van der Waals surface area contributed by atoms with Gasteiger partial charge in [0.1, 0.15) is 23.1 Å². The molecular weight excluding hydrogens is 226 g/mol. The van der Waals surface area contributed by atoms with Gasteiger partial charge in [0, 0.05) is 11.1 Å². The molecule has 2 aromatic carbocycles. The molecular formula is C13H10F2O2. The molecule has 17 heavy (non-hydrogen) atoms. The quantitative estimate of drug-likeness (QED) is 0.866. The zero-order valence-corrected chi connectivity index (χ0v) is 9.08. The predicted octanol–water partition coefficient (Wildman–Crippen LogP) is 3.35. The lowest BCUT2D eigenvalue weighted by molar-refractivity contribution is 0.414. The van der Waals surface area contributed by atoms with Crippen molar-refractivity contribution in [2.75, 3.05) is 7.11 Å². The van der Waals surface area contributed by atoms with Crippen molar-refractivity contribution in [3.8, 4) is 22.6 Å². The van der Waals surface area contributed by atoms with Gasteiger partial charge in [0.2, 0.25) is 0 Å². The molecule has 0 heterocycles. The number of phenolic OH excluding ortho intramolecular Hbond substituents is 1. The Morgan fingerprint density at radius 3 is 2.47 bits per heavy atom. The minimum atomic E-state index is -0.549. The van der Waals surface area contributed by atoms with Gasteiger partial charge in [-0.3, -0.25) is 0 Å². The number of benzene rings is 2. The van der Waals surface area contributed by atoms with Gasteiger partial charge in [-0.25, -0.2) is 8.78 Å². The maximum absolute atomic E-state index is 13.6. The Morgan fingerprint density at radius 1 is 1.00 bits per heavy atom. The number of methoxy groups -OCH3 is 1. The lowest BCUT2D eigenvalue weighted by atomic mass is 10.0. The smallest absolute Gasteiger partial charge is 0.131 e. The maximum Gasteiger partial charge on any atom is 0.131 e. The Balaban J connectivity index is 2.62. The van der Waals surface area contributed by atoms with Gasteiger partial charge in [0.25, 0.3) is 0 Å². The molecule has 0 spiro atoms. The van der Waals surface area contributed by atoms with Crippen LogP contribution in [0.3, 0.4) is 0 Å². The Hall–Kier alpha value is -2.10. The van der Waals surface area contributed by atoms with E-state index in [0.29, 0.717) is 5.75 Å². The highest BCUT2D eigenvalue weighted by molar-refractivity contribution is 5.71. The fraction of sp³-hybridized carbons (Fsp3) is 0.0769. The summed E-state index contributed by atoms with van der Waals surface area (Å²) in [5.74, 6) is -0.838. The second-order valence-electron chi connectivity index (χ2n) is 3.51. The molecule has 0 radical (unpaired) electrons. The summed E-state index contributed by atoms with van der Waals surface area (Å²) < 4.78 is 31.7. The van der Waals surface area contributed by atoms with E-state index in [-0.39, 0.29) is 16.9 Å². The fourth-order valence-corrected chi connectivity index (χ4v) is 1.56. The Bertz CT molecular complexity index is 553. The molecule has 0 aliphatic carbocycles. The normalized spacial score (nSPS) is 10.3. The average Bonchev–Trinajstić information content (AvgIpc) is 2.33. The zero-order valence-electron chi connectivity index (χ0n) is 9.08. The minimum Gasteiger partial charge on any atom is -0.507 e. The molecule has 0 fully saturated rings. The number of hydrogen-bond acceptors (Lipinski definition) is 2. The lowest BCUT2D eigenvalue weighted by Gasteiger charge is -2.08. The van der Waals surface area contributed by atoms with Gasteiger partial charge in [0.05, 0.1) is 7.11 Å². The molecule has 0 saturated heterocycles. The fourth-order valence-electron chi connectivity index (χ4n) is 1.56. The highest BCUT2D eigenvalue weighted by atomic mass is 19.1. The maximum atomic E-state index is 13.6. The van der Waals surface area contributed by atoms with Gasteiger partial charge < -0.3 is 9.84 Å². The third-order valence-electron chi connectivity index (χ3n) is 2.42. The second-order valence-corrected chi connectivity index (χ2v) is 3.51. The van der Waals surface area contributed by atoms with Crippen LogP contribution >= 0.6 is 0 Å². The molecule has 2 aromatic rings. The minimum absolute atomic E-state index is 0.0985. The van der Waals surface area contributed by atoms with E-state index in [1.54, 1.807) is 0 Å². The van der Waals surface area contributed by atoms with Gasteiger partial charge >= 0.3 is 0 Å². The molecule has 2 nitrogen and oxygen atoms in total. The van der Waals surface area contributed by atoms with E-state index >= 15 is 0 Å². The van der Waals surface area contributed by atoms with Crippen molar-refractivity contribution < 1.29 is 18.6 Å². The van der Waals surface area contributed by atoms with Crippen molar-refractivity contribution in [1.29, 1.82) is 0 Å². The Morgan fingerprint density at radius 2 is 1.76 bits per heavy atom. The van der Waals surface area contributed by atoms with Gasteiger partial charge in [-0.15, -0.1) is 0 Å². The summed E-state index contributed by atoms with van der Waals surface area (Å²) in [6.45, 7) is 0. The predicted molar refractivity (Wildman–Crippen MR) is 60.0 cm³/mol.